The minimum atomic E-state index is 0.731. The first kappa shape index (κ1) is 13.2. The summed E-state index contributed by atoms with van der Waals surface area (Å²) in [6, 6.07) is 0. The van der Waals surface area contributed by atoms with Gasteiger partial charge in [-0.05, 0) is 19.4 Å². The van der Waals surface area contributed by atoms with Crippen LogP contribution in [0.5, 0.6) is 0 Å². The zero-order valence-electron chi connectivity index (χ0n) is 10.5. The van der Waals surface area contributed by atoms with Gasteiger partial charge in [0.15, 0.2) is 0 Å². The Bertz CT molecular complexity index is 268. The smallest absolute Gasteiger partial charge is 0.241 e. The number of hydrogen-bond acceptors (Lipinski definition) is 1. The van der Waals surface area contributed by atoms with Crippen LogP contribution in [0.2, 0.25) is 0 Å². The number of aryl methyl sites for hydroxylation is 1. The zero-order chi connectivity index (χ0) is 11.6. The number of aromatic amines is 1. The molecule has 0 unspecified atom stereocenters. The number of nitrogens with one attached hydrogen (secondary N) is 1. The summed E-state index contributed by atoms with van der Waals surface area (Å²) in [7, 11) is 0. The third-order valence-corrected chi connectivity index (χ3v) is 3.00. The van der Waals surface area contributed by atoms with E-state index in [2.05, 4.69) is 29.0 Å². The van der Waals surface area contributed by atoms with Crippen molar-refractivity contribution in [2.24, 2.45) is 5.73 Å². The SMILES string of the molecule is CCCCCCCC[n+]1c[nH]cc1CCN. The van der Waals surface area contributed by atoms with E-state index in [0.29, 0.717) is 0 Å². The van der Waals surface area contributed by atoms with E-state index < -0.39 is 0 Å². The average Bonchev–Trinajstić information content (AvgIpc) is 2.72. The van der Waals surface area contributed by atoms with E-state index in [4.69, 9.17) is 5.73 Å². The van der Waals surface area contributed by atoms with Gasteiger partial charge in [-0.25, -0.2) is 9.55 Å². The Morgan fingerprint density at radius 3 is 2.69 bits per heavy atom. The highest BCUT2D eigenvalue weighted by molar-refractivity contribution is 4.86. The van der Waals surface area contributed by atoms with Crippen molar-refractivity contribution in [1.29, 1.82) is 0 Å². The molecular weight excluding hydrogens is 198 g/mol. The van der Waals surface area contributed by atoms with Gasteiger partial charge in [0.05, 0.1) is 6.54 Å². The molecule has 0 aliphatic carbocycles. The molecule has 0 fully saturated rings. The monoisotopic (exact) mass is 224 g/mol. The fraction of sp³-hybridized carbons (Fsp3) is 0.769. The molecule has 1 aromatic rings. The van der Waals surface area contributed by atoms with Crippen LogP contribution in [0.4, 0.5) is 0 Å². The average molecular weight is 224 g/mol. The van der Waals surface area contributed by atoms with Crippen LogP contribution in [0, 0.1) is 0 Å². The van der Waals surface area contributed by atoms with Gasteiger partial charge in [-0.15, -0.1) is 0 Å². The maximum absolute atomic E-state index is 5.57. The third kappa shape index (κ3) is 4.79. The van der Waals surface area contributed by atoms with Crippen molar-refractivity contribution >= 4 is 0 Å². The fourth-order valence-corrected chi connectivity index (χ4v) is 2.02. The Morgan fingerprint density at radius 1 is 1.19 bits per heavy atom. The Kier molecular flexibility index (Phi) is 6.90. The van der Waals surface area contributed by atoms with Crippen LogP contribution in [0.15, 0.2) is 12.5 Å². The third-order valence-electron chi connectivity index (χ3n) is 3.00. The van der Waals surface area contributed by atoms with Crippen molar-refractivity contribution in [1.82, 2.24) is 4.98 Å². The van der Waals surface area contributed by atoms with Crippen molar-refractivity contribution in [3.8, 4) is 0 Å². The predicted molar refractivity (Wildman–Crippen MR) is 67.1 cm³/mol. The lowest BCUT2D eigenvalue weighted by atomic mass is 10.1. The topological polar surface area (TPSA) is 45.7 Å². The summed E-state index contributed by atoms with van der Waals surface area (Å²) in [4.78, 5) is 3.15. The van der Waals surface area contributed by atoms with Crippen molar-refractivity contribution in [3.63, 3.8) is 0 Å². The second-order valence-electron chi connectivity index (χ2n) is 4.43. The first-order chi connectivity index (χ1) is 7.88. The Morgan fingerprint density at radius 2 is 1.94 bits per heavy atom. The molecule has 92 valence electrons. The molecule has 0 bridgehead atoms. The van der Waals surface area contributed by atoms with E-state index in [1.54, 1.807) is 0 Å². The van der Waals surface area contributed by atoms with Gasteiger partial charge in [0.25, 0.3) is 0 Å². The number of hydrogen-bond donors (Lipinski definition) is 2. The van der Waals surface area contributed by atoms with Gasteiger partial charge in [0.1, 0.15) is 11.9 Å². The van der Waals surface area contributed by atoms with E-state index in [-0.39, 0.29) is 0 Å². The molecule has 0 aromatic carbocycles. The van der Waals surface area contributed by atoms with Crippen LogP contribution in [-0.2, 0) is 13.0 Å². The summed E-state index contributed by atoms with van der Waals surface area (Å²) >= 11 is 0. The summed E-state index contributed by atoms with van der Waals surface area (Å²) in [5, 5.41) is 0. The lowest BCUT2D eigenvalue weighted by Gasteiger charge is -2.01. The van der Waals surface area contributed by atoms with E-state index in [1.165, 1.54) is 44.2 Å². The summed E-state index contributed by atoms with van der Waals surface area (Å²) in [5.41, 5.74) is 6.90. The Labute approximate surface area is 99.1 Å². The van der Waals surface area contributed by atoms with Crippen LogP contribution >= 0.6 is 0 Å². The number of nitrogens with zero attached hydrogens (tertiary/aromatic N) is 1. The first-order valence-corrected chi connectivity index (χ1v) is 6.63. The molecule has 0 saturated heterocycles. The van der Waals surface area contributed by atoms with Crippen LogP contribution in [0.3, 0.4) is 0 Å². The molecule has 0 atom stereocenters. The number of imidazole rings is 1. The number of nitrogens with two attached hydrogens (primary N) is 1. The molecule has 0 aliphatic rings. The molecule has 3 nitrogen and oxygen atoms in total. The van der Waals surface area contributed by atoms with Crippen molar-refractivity contribution in [2.45, 2.75) is 58.4 Å². The number of rotatable bonds is 9. The van der Waals surface area contributed by atoms with E-state index >= 15 is 0 Å². The minimum absolute atomic E-state index is 0.731. The molecule has 1 heterocycles. The van der Waals surface area contributed by atoms with E-state index in [9.17, 15) is 0 Å². The molecule has 1 aromatic heterocycles. The van der Waals surface area contributed by atoms with Crippen molar-refractivity contribution in [3.05, 3.63) is 18.2 Å². The molecule has 16 heavy (non-hydrogen) atoms. The summed E-state index contributed by atoms with van der Waals surface area (Å²) < 4.78 is 2.30. The first-order valence-electron chi connectivity index (χ1n) is 6.63. The lowest BCUT2D eigenvalue weighted by Crippen LogP contribution is -2.36. The maximum atomic E-state index is 5.57. The van der Waals surface area contributed by atoms with Gasteiger partial charge in [-0.3, -0.25) is 0 Å². The highest BCUT2D eigenvalue weighted by atomic mass is 15.0. The van der Waals surface area contributed by atoms with Gasteiger partial charge in [0, 0.05) is 6.42 Å². The van der Waals surface area contributed by atoms with Crippen LogP contribution in [0.1, 0.15) is 51.1 Å². The van der Waals surface area contributed by atoms with E-state index in [1.807, 2.05) is 0 Å². The number of unbranched alkanes of at least 4 members (excludes halogenated alkanes) is 5. The normalized spacial score (nSPS) is 10.9. The van der Waals surface area contributed by atoms with Gasteiger partial charge >= 0.3 is 0 Å². The molecule has 0 amide bonds. The molecule has 0 aliphatic heterocycles. The molecule has 0 saturated carbocycles. The second kappa shape index (κ2) is 8.34. The standard InChI is InChI=1S/C13H25N3/c1-2-3-4-5-6-7-10-16-12-15-11-13(16)8-9-14/h11-12H,2-10,14H2,1H3/p+1. The minimum Gasteiger partial charge on any atom is -0.330 e. The molecular formula is C13H26N3+. The van der Waals surface area contributed by atoms with Crippen LogP contribution in [0.25, 0.3) is 0 Å². The van der Waals surface area contributed by atoms with Gasteiger partial charge < -0.3 is 5.73 Å². The molecule has 3 N–H and O–H groups in total. The largest absolute Gasteiger partial charge is 0.330 e. The van der Waals surface area contributed by atoms with Gasteiger partial charge in [0.2, 0.25) is 6.33 Å². The molecule has 0 spiro atoms. The molecule has 3 heteroatoms. The van der Waals surface area contributed by atoms with Crippen molar-refractivity contribution < 1.29 is 4.57 Å². The second-order valence-corrected chi connectivity index (χ2v) is 4.43. The zero-order valence-corrected chi connectivity index (χ0v) is 10.5. The van der Waals surface area contributed by atoms with Crippen LogP contribution < -0.4 is 10.3 Å². The maximum Gasteiger partial charge on any atom is 0.241 e. The highest BCUT2D eigenvalue weighted by Crippen LogP contribution is 2.04. The lowest BCUT2D eigenvalue weighted by molar-refractivity contribution is -0.703. The quantitative estimate of drug-likeness (QED) is 0.490. The summed E-state index contributed by atoms with van der Waals surface area (Å²) in [6.45, 7) is 4.12. The Balaban J connectivity index is 2.13. The Hall–Kier alpha value is -0.830. The van der Waals surface area contributed by atoms with Crippen molar-refractivity contribution in [2.75, 3.05) is 6.54 Å². The van der Waals surface area contributed by atoms with Gasteiger partial charge in [-0.2, -0.15) is 0 Å². The molecule has 0 radical (unpaired) electrons. The van der Waals surface area contributed by atoms with E-state index in [0.717, 1.165) is 19.5 Å². The highest BCUT2D eigenvalue weighted by Gasteiger charge is 2.06. The number of aromatic nitrogens is 2. The predicted octanol–water partition coefficient (Wildman–Crippen LogP) is 2.16. The summed E-state index contributed by atoms with van der Waals surface area (Å²) in [6.07, 6.45) is 13.2. The van der Waals surface area contributed by atoms with Crippen LogP contribution in [-0.4, -0.2) is 11.5 Å². The molecule has 1 rings (SSSR count). The fourth-order valence-electron chi connectivity index (χ4n) is 2.02. The number of H-pyrrole nitrogens is 1. The summed E-state index contributed by atoms with van der Waals surface area (Å²) in [5.74, 6) is 0. The van der Waals surface area contributed by atoms with Gasteiger partial charge in [-0.1, -0.05) is 32.6 Å².